The molecule has 2 aromatic heterocycles. The summed E-state index contributed by atoms with van der Waals surface area (Å²) in [7, 11) is 6.25. The number of fused-ring (bicyclic) bond motifs is 1. The average molecular weight is 395 g/mol. The molecule has 30 heavy (non-hydrogen) atoms. The Morgan fingerprint density at radius 3 is 2.87 bits per heavy atom. The van der Waals surface area contributed by atoms with Gasteiger partial charge in [-0.05, 0) is 75.2 Å². The fraction of sp³-hybridized carbons (Fsp3) is 0.261. The van der Waals surface area contributed by atoms with Crippen LogP contribution in [0.4, 0.5) is 0 Å². The lowest BCUT2D eigenvalue weighted by atomic mass is 10.0. The highest BCUT2D eigenvalue weighted by Crippen LogP contribution is 2.32. The van der Waals surface area contributed by atoms with Gasteiger partial charge in [-0.15, -0.1) is 6.42 Å². The van der Waals surface area contributed by atoms with Crippen molar-refractivity contribution in [3.63, 3.8) is 0 Å². The molecule has 0 amide bonds. The first-order valence-electron chi connectivity index (χ1n) is 9.98. The molecule has 148 valence electrons. The maximum Gasteiger partial charge on any atom is 0.185 e. The van der Waals surface area contributed by atoms with Crippen LogP contribution in [0.1, 0.15) is 32.4 Å². The first-order valence-corrected chi connectivity index (χ1v) is 9.98. The van der Waals surface area contributed by atoms with Crippen LogP contribution in [0.5, 0.6) is 5.75 Å². The second-order valence-electron chi connectivity index (χ2n) is 7.08. The maximum absolute atomic E-state index is 6.25. The van der Waals surface area contributed by atoms with Crippen molar-refractivity contribution < 1.29 is 4.74 Å². The van der Waals surface area contributed by atoms with E-state index < -0.39 is 0 Å². The van der Waals surface area contributed by atoms with Crippen molar-refractivity contribution in [3.05, 3.63) is 60.8 Å². The standard InChI is InChI=1S/C23H22BN5O/c1-3-5-8-18(4-2)30-19-12-10-17(11-13-19)22-20-15-25-16-26-23(20)29(27-22)21-9-6-7-14-28(21)24/h1,4-5,8,10-13,15-16,21H,6-7,9,14H2,2H3/b8-5-,18-4+/t21-/m1/s1. The zero-order valence-electron chi connectivity index (χ0n) is 16.9. The van der Waals surface area contributed by atoms with Crippen LogP contribution in [-0.2, 0) is 0 Å². The normalized spacial score (nSPS) is 18.0. The van der Waals surface area contributed by atoms with Crippen molar-refractivity contribution >= 4 is 19.0 Å². The topological polar surface area (TPSA) is 56.1 Å². The predicted molar refractivity (Wildman–Crippen MR) is 118 cm³/mol. The van der Waals surface area contributed by atoms with Gasteiger partial charge in [0.15, 0.2) is 13.6 Å². The largest absolute Gasteiger partial charge is 0.458 e. The Hall–Kier alpha value is -3.37. The van der Waals surface area contributed by atoms with E-state index in [4.69, 9.17) is 24.2 Å². The van der Waals surface area contributed by atoms with Crippen LogP contribution < -0.4 is 4.74 Å². The summed E-state index contributed by atoms with van der Waals surface area (Å²) >= 11 is 0. The van der Waals surface area contributed by atoms with Gasteiger partial charge in [0.1, 0.15) is 23.5 Å². The molecule has 1 fully saturated rings. The molecule has 6 nitrogen and oxygen atoms in total. The van der Waals surface area contributed by atoms with Crippen molar-refractivity contribution in [2.75, 3.05) is 6.54 Å². The summed E-state index contributed by atoms with van der Waals surface area (Å²) in [6, 6.07) is 7.78. The Morgan fingerprint density at radius 1 is 1.30 bits per heavy atom. The predicted octanol–water partition coefficient (Wildman–Crippen LogP) is 4.03. The third-order valence-electron chi connectivity index (χ3n) is 5.16. The van der Waals surface area contributed by atoms with E-state index in [0.717, 1.165) is 48.1 Å². The fourth-order valence-corrected chi connectivity index (χ4v) is 3.64. The van der Waals surface area contributed by atoms with Crippen LogP contribution in [0.2, 0.25) is 0 Å². The molecule has 1 atom stereocenters. The van der Waals surface area contributed by atoms with E-state index in [0.29, 0.717) is 11.5 Å². The second-order valence-corrected chi connectivity index (χ2v) is 7.08. The molecule has 0 aliphatic carbocycles. The number of ether oxygens (including phenoxy) is 1. The van der Waals surface area contributed by atoms with Crippen molar-refractivity contribution in [3.8, 4) is 29.4 Å². The van der Waals surface area contributed by atoms with Gasteiger partial charge in [0, 0.05) is 11.8 Å². The zero-order chi connectivity index (χ0) is 20.9. The molecule has 1 aliphatic rings. The van der Waals surface area contributed by atoms with Crippen LogP contribution in [0.15, 0.2) is 60.8 Å². The van der Waals surface area contributed by atoms with Gasteiger partial charge < -0.3 is 9.55 Å². The fourth-order valence-electron chi connectivity index (χ4n) is 3.64. The van der Waals surface area contributed by atoms with Crippen molar-refractivity contribution in [2.24, 2.45) is 0 Å². The Labute approximate surface area is 177 Å². The number of benzene rings is 1. The quantitative estimate of drug-likeness (QED) is 0.283. The van der Waals surface area contributed by atoms with Gasteiger partial charge >= 0.3 is 0 Å². The Morgan fingerprint density at radius 2 is 2.13 bits per heavy atom. The Balaban J connectivity index is 1.67. The smallest absolute Gasteiger partial charge is 0.185 e. The van der Waals surface area contributed by atoms with Crippen LogP contribution in [-0.4, -0.2) is 39.1 Å². The SMILES string of the molecule is [B]N1CCCC[C@H]1n1nc(-c2ccc(OC(/C=C\C#C)=C/C)cc2)c2cncnc21. The van der Waals surface area contributed by atoms with E-state index >= 15 is 0 Å². The summed E-state index contributed by atoms with van der Waals surface area (Å²) < 4.78 is 7.79. The molecule has 0 N–H and O–H groups in total. The molecule has 0 spiro atoms. The first kappa shape index (κ1) is 19.9. The van der Waals surface area contributed by atoms with E-state index in [9.17, 15) is 0 Å². The highest BCUT2D eigenvalue weighted by molar-refractivity contribution is 6.04. The van der Waals surface area contributed by atoms with Crippen LogP contribution in [0.3, 0.4) is 0 Å². The van der Waals surface area contributed by atoms with E-state index in [-0.39, 0.29) is 6.17 Å². The van der Waals surface area contributed by atoms with E-state index in [1.165, 1.54) is 0 Å². The van der Waals surface area contributed by atoms with E-state index in [2.05, 4.69) is 15.9 Å². The number of aromatic nitrogens is 4. The number of terminal acetylenes is 1. The minimum atomic E-state index is -0.00676. The van der Waals surface area contributed by atoms with Gasteiger partial charge in [-0.3, -0.25) is 0 Å². The number of hydrogen-bond donors (Lipinski definition) is 0. The van der Waals surface area contributed by atoms with Gasteiger partial charge in [-0.2, -0.15) is 5.10 Å². The van der Waals surface area contributed by atoms with Crippen LogP contribution in [0, 0.1) is 12.3 Å². The van der Waals surface area contributed by atoms with Crippen LogP contribution in [0.25, 0.3) is 22.3 Å². The molecular formula is C23H22BN5O. The molecule has 1 saturated heterocycles. The van der Waals surface area contributed by atoms with Crippen LogP contribution >= 0.6 is 0 Å². The highest BCUT2D eigenvalue weighted by Gasteiger charge is 2.25. The third-order valence-corrected chi connectivity index (χ3v) is 5.16. The first-order chi connectivity index (χ1) is 14.7. The van der Waals surface area contributed by atoms with E-state index in [1.807, 2.05) is 46.8 Å². The van der Waals surface area contributed by atoms with Gasteiger partial charge in [0.2, 0.25) is 0 Å². The second kappa shape index (κ2) is 8.97. The van der Waals surface area contributed by atoms with E-state index in [1.54, 1.807) is 24.7 Å². The Bertz CT molecular complexity index is 1130. The molecule has 1 aromatic carbocycles. The number of piperidine rings is 1. The minimum absolute atomic E-state index is 0.00676. The Kier molecular flexibility index (Phi) is 5.96. The third kappa shape index (κ3) is 4.00. The average Bonchev–Trinajstić information content (AvgIpc) is 3.17. The lowest BCUT2D eigenvalue weighted by molar-refractivity contribution is 0.184. The van der Waals surface area contributed by atoms with Crippen molar-refractivity contribution in [1.82, 2.24) is 24.6 Å². The number of nitrogens with zero attached hydrogens (tertiary/aromatic N) is 5. The number of allylic oxidation sites excluding steroid dienone is 3. The van der Waals surface area contributed by atoms with Gasteiger partial charge in [-0.1, -0.05) is 5.92 Å². The van der Waals surface area contributed by atoms with Gasteiger partial charge in [0.05, 0.1) is 11.6 Å². The molecule has 7 heteroatoms. The summed E-state index contributed by atoms with van der Waals surface area (Å²) in [6.45, 7) is 2.75. The summed E-state index contributed by atoms with van der Waals surface area (Å²) in [5, 5.41) is 5.79. The van der Waals surface area contributed by atoms with Crippen molar-refractivity contribution in [1.29, 1.82) is 0 Å². The minimum Gasteiger partial charge on any atom is -0.458 e. The van der Waals surface area contributed by atoms with Gasteiger partial charge in [0.25, 0.3) is 0 Å². The molecule has 4 rings (SSSR count). The molecule has 3 aromatic rings. The lowest BCUT2D eigenvalue weighted by Crippen LogP contribution is -2.35. The molecule has 1 aliphatic heterocycles. The summed E-state index contributed by atoms with van der Waals surface area (Å²) in [4.78, 5) is 10.5. The number of hydrogen-bond acceptors (Lipinski definition) is 5. The van der Waals surface area contributed by atoms with Crippen molar-refractivity contribution in [2.45, 2.75) is 32.4 Å². The number of rotatable bonds is 5. The summed E-state index contributed by atoms with van der Waals surface area (Å²) in [6.07, 6.45) is 17.0. The highest BCUT2D eigenvalue weighted by atomic mass is 16.5. The maximum atomic E-state index is 6.25. The molecular weight excluding hydrogens is 373 g/mol. The van der Waals surface area contributed by atoms with Gasteiger partial charge in [-0.25, -0.2) is 14.6 Å². The zero-order valence-corrected chi connectivity index (χ0v) is 16.9. The lowest BCUT2D eigenvalue weighted by Gasteiger charge is -2.33. The molecule has 0 saturated carbocycles. The molecule has 2 radical (unpaired) electrons. The summed E-state index contributed by atoms with van der Waals surface area (Å²) in [5.41, 5.74) is 2.58. The molecule has 3 heterocycles. The summed E-state index contributed by atoms with van der Waals surface area (Å²) in [5.74, 6) is 3.86. The monoisotopic (exact) mass is 395 g/mol. The molecule has 0 bridgehead atoms. The molecule has 0 unspecified atom stereocenters.